The van der Waals surface area contributed by atoms with E-state index in [9.17, 15) is 13.2 Å². The van der Waals surface area contributed by atoms with E-state index in [0.717, 1.165) is 10.7 Å². The van der Waals surface area contributed by atoms with Gasteiger partial charge in [-0.25, -0.2) is 13.2 Å². The van der Waals surface area contributed by atoms with Crippen molar-refractivity contribution in [2.75, 3.05) is 5.73 Å². The summed E-state index contributed by atoms with van der Waals surface area (Å²) >= 11 is 0. The number of tetrazole rings is 1. The van der Waals surface area contributed by atoms with Crippen molar-refractivity contribution >= 4 is 5.69 Å². The van der Waals surface area contributed by atoms with Crippen molar-refractivity contribution in [2.45, 2.75) is 0 Å². The van der Waals surface area contributed by atoms with E-state index in [2.05, 4.69) is 15.5 Å². The highest BCUT2D eigenvalue weighted by Gasteiger charge is 2.18. The predicted molar refractivity (Wildman–Crippen MR) is 68.9 cm³/mol. The van der Waals surface area contributed by atoms with Crippen LogP contribution in [0.3, 0.4) is 0 Å². The van der Waals surface area contributed by atoms with Gasteiger partial charge in [0.25, 0.3) is 0 Å². The number of nitrogens with two attached hydrogens (primary N) is 1. The zero-order valence-corrected chi connectivity index (χ0v) is 10.5. The van der Waals surface area contributed by atoms with Crippen molar-refractivity contribution in [3.05, 3.63) is 53.8 Å². The highest BCUT2D eigenvalue weighted by Crippen LogP contribution is 2.27. The first kappa shape index (κ1) is 13.1. The molecular weight excluding hydrogens is 283 g/mol. The smallest absolute Gasteiger partial charge is 0.190 e. The fraction of sp³-hybridized carbons (Fsp3) is 0. The average molecular weight is 291 g/mol. The second-order valence-corrected chi connectivity index (χ2v) is 4.22. The number of benzene rings is 2. The van der Waals surface area contributed by atoms with Gasteiger partial charge in [0.1, 0.15) is 23.1 Å². The Kier molecular flexibility index (Phi) is 3.05. The van der Waals surface area contributed by atoms with Crippen molar-refractivity contribution in [3.8, 4) is 17.1 Å². The molecule has 0 aliphatic carbocycles. The molecule has 0 atom stereocenters. The lowest BCUT2D eigenvalue weighted by Crippen LogP contribution is -2.04. The van der Waals surface area contributed by atoms with Gasteiger partial charge in [-0.15, -0.1) is 5.10 Å². The van der Waals surface area contributed by atoms with Crippen molar-refractivity contribution in [3.63, 3.8) is 0 Å². The molecule has 0 bridgehead atoms. The number of halogens is 3. The van der Waals surface area contributed by atoms with Crippen LogP contribution in [0.25, 0.3) is 17.1 Å². The summed E-state index contributed by atoms with van der Waals surface area (Å²) < 4.78 is 41.9. The van der Waals surface area contributed by atoms with Crippen molar-refractivity contribution < 1.29 is 13.2 Å². The first-order valence-corrected chi connectivity index (χ1v) is 5.86. The maximum Gasteiger partial charge on any atom is 0.190 e. The second kappa shape index (κ2) is 4.89. The number of hydrogen-bond acceptors (Lipinski definition) is 4. The summed E-state index contributed by atoms with van der Waals surface area (Å²) in [6.45, 7) is 0. The molecule has 3 rings (SSSR count). The molecule has 8 heteroatoms. The summed E-state index contributed by atoms with van der Waals surface area (Å²) in [4.78, 5) is 0. The van der Waals surface area contributed by atoms with Crippen LogP contribution in [0.5, 0.6) is 0 Å². The summed E-state index contributed by atoms with van der Waals surface area (Å²) in [7, 11) is 0. The summed E-state index contributed by atoms with van der Waals surface area (Å²) in [6.07, 6.45) is 0. The Morgan fingerprint density at radius 1 is 0.952 bits per heavy atom. The summed E-state index contributed by atoms with van der Waals surface area (Å²) in [6, 6.07) is 7.42. The summed E-state index contributed by atoms with van der Waals surface area (Å²) in [5, 5.41) is 10.7. The lowest BCUT2D eigenvalue weighted by Gasteiger charge is -2.07. The topological polar surface area (TPSA) is 69.6 Å². The SMILES string of the molecule is Nc1cc(-c2nnnn2-c2ccccc2F)c(F)cc1F. The van der Waals surface area contributed by atoms with Crippen LogP contribution in [0.4, 0.5) is 18.9 Å². The molecule has 0 aliphatic heterocycles. The molecule has 0 aliphatic rings. The molecule has 5 nitrogen and oxygen atoms in total. The van der Waals surface area contributed by atoms with Gasteiger partial charge in [0.05, 0.1) is 11.3 Å². The van der Waals surface area contributed by atoms with E-state index in [1.54, 1.807) is 6.07 Å². The Balaban J connectivity index is 2.21. The number of nitrogens with zero attached hydrogens (tertiary/aromatic N) is 4. The van der Waals surface area contributed by atoms with Crippen LogP contribution in [-0.4, -0.2) is 20.2 Å². The zero-order chi connectivity index (χ0) is 15.0. The Morgan fingerprint density at radius 2 is 1.71 bits per heavy atom. The number of para-hydroxylation sites is 1. The normalized spacial score (nSPS) is 10.8. The Morgan fingerprint density at radius 3 is 2.48 bits per heavy atom. The molecule has 0 saturated carbocycles. The minimum atomic E-state index is -0.894. The molecule has 0 radical (unpaired) electrons. The van der Waals surface area contributed by atoms with E-state index in [1.165, 1.54) is 18.2 Å². The molecule has 106 valence electrons. The third kappa shape index (κ3) is 2.20. The highest BCUT2D eigenvalue weighted by molar-refractivity contribution is 5.63. The molecule has 1 aromatic heterocycles. The maximum absolute atomic E-state index is 13.9. The van der Waals surface area contributed by atoms with Crippen LogP contribution in [-0.2, 0) is 0 Å². The molecule has 0 fully saturated rings. The van der Waals surface area contributed by atoms with E-state index in [4.69, 9.17) is 5.73 Å². The molecule has 0 unspecified atom stereocenters. The minimum Gasteiger partial charge on any atom is -0.396 e. The van der Waals surface area contributed by atoms with Gasteiger partial charge < -0.3 is 5.73 Å². The van der Waals surface area contributed by atoms with Gasteiger partial charge >= 0.3 is 0 Å². The van der Waals surface area contributed by atoms with Gasteiger partial charge in [0.2, 0.25) is 0 Å². The Hall–Kier alpha value is -2.90. The lowest BCUT2D eigenvalue weighted by molar-refractivity contribution is 0.586. The fourth-order valence-corrected chi connectivity index (χ4v) is 1.88. The monoisotopic (exact) mass is 291 g/mol. The molecule has 1 heterocycles. The van der Waals surface area contributed by atoms with Crippen molar-refractivity contribution in [2.24, 2.45) is 0 Å². The summed E-state index contributed by atoms with van der Waals surface area (Å²) in [5.74, 6) is -2.44. The van der Waals surface area contributed by atoms with Gasteiger partial charge in [0, 0.05) is 6.07 Å². The van der Waals surface area contributed by atoms with Crippen LogP contribution in [0, 0.1) is 17.5 Å². The number of aromatic nitrogens is 4. The molecule has 2 aromatic carbocycles. The fourth-order valence-electron chi connectivity index (χ4n) is 1.88. The molecular formula is C13H8F3N5. The first-order valence-electron chi connectivity index (χ1n) is 5.86. The molecule has 21 heavy (non-hydrogen) atoms. The van der Waals surface area contributed by atoms with Gasteiger partial charge in [-0.1, -0.05) is 12.1 Å². The molecule has 3 aromatic rings. The lowest BCUT2D eigenvalue weighted by atomic mass is 10.1. The largest absolute Gasteiger partial charge is 0.396 e. The van der Waals surface area contributed by atoms with Crippen LogP contribution >= 0.6 is 0 Å². The van der Waals surface area contributed by atoms with Crippen LogP contribution in [0.2, 0.25) is 0 Å². The quantitative estimate of drug-likeness (QED) is 0.736. The number of anilines is 1. The van der Waals surface area contributed by atoms with Crippen LogP contribution < -0.4 is 5.73 Å². The second-order valence-electron chi connectivity index (χ2n) is 4.22. The minimum absolute atomic E-state index is 0.0415. The summed E-state index contributed by atoms with van der Waals surface area (Å²) in [5.41, 5.74) is 5.08. The number of rotatable bonds is 2. The molecule has 2 N–H and O–H groups in total. The standard InChI is InChI=1S/C13H8F3N5/c14-8-3-1-2-4-12(8)21-13(18-19-20-21)7-5-11(17)10(16)6-9(7)15/h1-6H,17H2. The van der Waals surface area contributed by atoms with Gasteiger partial charge in [-0.3, -0.25) is 0 Å². The molecule has 0 spiro atoms. The van der Waals surface area contributed by atoms with Crippen molar-refractivity contribution in [1.29, 1.82) is 0 Å². The van der Waals surface area contributed by atoms with Gasteiger partial charge in [-0.2, -0.15) is 4.68 Å². The number of nitrogen functional groups attached to an aromatic ring is 1. The van der Waals surface area contributed by atoms with E-state index in [1.807, 2.05) is 0 Å². The van der Waals surface area contributed by atoms with E-state index < -0.39 is 17.5 Å². The van der Waals surface area contributed by atoms with Crippen molar-refractivity contribution in [1.82, 2.24) is 20.2 Å². The number of hydrogen-bond donors (Lipinski definition) is 1. The third-order valence-corrected chi connectivity index (χ3v) is 2.88. The molecule has 0 amide bonds. The maximum atomic E-state index is 13.9. The molecule has 0 saturated heterocycles. The Bertz CT molecular complexity index is 815. The average Bonchev–Trinajstić information content (AvgIpc) is 2.92. The highest BCUT2D eigenvalue weighted by atomic mass is 19.1. The van der Waals surface area contributed by atoms with E-state index in [0.29, 0.717) is 6.07 Å². The van der Waals surface area contributed by atoms with Gasteiger partial charge in [0.15, 0.2) is 5.82 Å². The van der Waals surface area contributed by atoms with Crippen LogP contribution in [0.1, 0.15) is 0 Å². The van der Waals surface area contributed by atoms with Crippen LogP contribution in [0.15, 0.2) is 36.4 Å². The first-order chi connectivity index (χ1) is 10.1. The van der Waals surface area contributed by atoms with Gasteiger partial charge in [-0.05, 0) is 28.6 Å². The zero-order valence-electron chi connectivity index (χ0n) is 10.5. The third-order valence-electron chi connectivity index (χ3n) is 2.88. The Labute approximate surface area is 116 Å². The van der Waals surface area contributed by atoms with E-state index in [-0.39, 0.29) is 22.8 Å². The predicted octanol–water partition coefficient (Wildman–Crippen LogP) is 2.33. The van der Waals surface area contributed by atoms with E-state index >= 15 is 0 Å².